The number of aryl methyl sites for hydroxylation is 1. The Balaban J connectivity index is 2.42. The first-order valence-electron chi connectivity index (χ1n) is 5.06. The molecule has 1 unspecified atom stereocenters. The average Bonchev–Trinajstić information content (AvgIpc) is 2.26. The molecule has 0 amide bonds. The van der Waals surface area contributed by atoms with E-state index in [9.17, 15) is 14.3 Å². The molecular formula is C11H15O4P. The molecule has 0 spiro atoms. The molecule has 0 aliphatic heterocycles. The largest absolute Gasteiger partial charge is 0.481 e. The molecule has 1 aromatic rings. The summed E-state index contributed by atoms with van der Waals surface area (Å²) in [5.41, 5.74) is 0.993. The highest BCUT2D eigenvalue weighted by Gasteiger charge is 2.19. The summed E-state index contributed by atoms with van der Waals surface area (Å²) in [6, 6.07) is 9.39. The van der Waals surface area contributed by atoms with Crippen molar-refractivity contribution in [1.29, 1.82) is 0 Å². The predicted octanol–water partition coefficient (Wildman–Crippen LogP) is 1.97. The Morgan fingerprint density at radius 2 is 1.81 bits per heavy atom. The van der Waals surface area contributed by atoms with Gasteiger partial charge in [0, 0.05) is 12.3 Å². The number of carboxylic acids is 1. The van der Waals surface area contributed by atoms with Crippen molar-refractivity contribution in [3.8, 4) is 0 Å². The van der Waals surface area contributed by atoms with Crippen molar-refractivity contribution in [3.05, 3.63) is 35.9 Å². The van der Waals surface area contributed by atoms with Gasteiger partial charge in [-0.2, -0.15) is 0 Å². The van der Waals surface area contributed by atoms with E-state index >= 15 is 0 Å². The Bertz CT molecular complexity index is 388. The van der Waals surface area contributed by atoms with Gasteiger partial charge in [0.25, 0.3) is 0 Å². The van der Waals surface area contributed by atoms with E-state index in [1.165, 1.54) is 0 Å². The van der Waals surface area contributed by atoms with Crippen molar-refractivity contribution in [3.63, 3.8) is 0 Å². The minimum absolute atomic E-state index is 0.143. The first-order valence-corrected chi connectivity index (χ1v) is 7.09. The molecule has 0 aromatic heterocycles. The molecular weight excluding hydrogens is 227 g/mol. The maximum absolute atomic E-state index is 11.6. The van der Waals surface area contributed by atoms with Crippen LogP contribution in [-0.4, -0.2) is 28.3 Å². The number of hydrogen-bond acceptors (Lipinski definition) is 2. The smallest absolute Gasteiger partial charge is 0.303 e. The van der Waals surface area contributed by atoms with E-state index in [0.29, 0.717) is 6.42 Å². The molecule has 0 saturated heterocycles. The van der Waals surface area contributed by atoms with Gasteiger partial charge in [-0.15, -0.1) is 0 Å². The van der Waals surface area contributed by atoms with Crippen LogP contribution in [0, 0.1) is 0 Å². The van der Waals surface area contributed by atoms with Gasteiger partial charge < -0.3 is 10.00 Å². The fourth-order valence-corrected chi connectivity index (χ4v) is 2.70. The van der Waals surface area contributed by atoms with Crippen LogP contribution in [0.25, 0.3) is 0 Å². The Kier molecular flexibility index (Phi) is 4.71. The van der Waals surface area contributed by atoms with Gasteiger partial charge in [-0.25, -0.2) is 0 Å². The fourth-order valence-electron chi connectivity index (χ4n) is 1.33. The fraction of sp³-hybridized carbons (Fsp3) is 0.364. The van der Waals surface area contributed by atoms with E-state index in [1.54, 1.807) is 0 Å². The van der Waals surface area contributed by atoms with Gasteiger partial charge in [-0.1, -0.05) is 30.3 Å². The standard InChI is InChI=1S/C11H15O4P/c12-11(13)7-9-16(14,15)8-6-10-4-2-1-3-5-10/h1-5H,6-9H2,(H,12,13)(H,14,15). The van der Waals surface area contributed by atoms with Crippen molar-refractivity contribution in [2.24, 2.45) is 0 Å². The molecule has 0 heterocycles. The van der Waals surface area contributed by atoms with Crippen LogP contribution in [0.2, 0.25) is 0 Å². The van der Waals surface area contributed by atoms with Crippen LogP contribution in [0.1, 0.15) is 12.0 Å². The second kappa shape index (κ2) is 5.83. The molecule has 0 aliphatic carbocycles. The topological polar surface area (TPSA) is 74.6 Å². The summed E-state index contributed by atoms with van der Waals surface area (Å²) in [6.07, 6.45) is 0.260. The highest BCUT2D eigenvalue weighted by atomic mass is 31.2. The Hall–Kier alpha value is -1.12. The van der Waals surface area contributed by atoms with Crippen molar-refractivity contribution < 1.29 is 19.4 Å². The van der Waals surface area contributed by atoms with Gasteiger partial charge in [0.15, 0.2) is 0 Å². The van der Waals surface area contributed by atoms with Crippen LogP contribution in [0.4, 0.5) is 0 Å². The average molecular weight is 242 g/mol. The zero-order chi connectivity index (χ0) is 12.0. The molecule has 2 N–H and O–H groups in total. The number of carbonyl (C=O) groups is 1. The third-order valence-corrected chi connectivity index (χ3v) is 4.11. The number of carboxylic acid groups (broad SMARTS) is 1. The summed E-state index contributed by atoms with van der Waals surface area (Å²) in [7, 11) is -3.29. The molecule has 88 valence electrons. The lowest BCUT2D eigenvalue weighted by atomic mass is 10.2. The van der Waals surface area contributed by atoms with Crippen molar-refractivity contribution in [1.82, 2.24) is 0 Å². The molecule has 0 saturated carbocycles. The third-order valence-electron chi connectivity index (χ3n) is 2.27. The first kappa shape index (κ1) is 12.9. The molecule has 1 aromatic carbocycles. The van der Waals surface area contributed by atoms with E-state index < -0.39 is 13.3 Å². The van der Waals surface area contributed by atoms with Gasteiger partial charge >= 0.3 is 5.97 Å². The lowest BCUT2D eigenvalue weighted by Gasteiger charge is -2.09. The van der Waals surface area contributed by atoms with Gasteiger partial charge in [-0.3, -0.25) is 9.36 Å². The quantitative estimate of drug-likeness (QED) is 0.748. The number of hydrogen-bond donors (Lipinski definition) is 2. The second-order valence-corrected chi connectivity index (χ2v) is 6.26. The molecule has 1 atom stereocenters. The van der Waals surface area contributed by atoms with Gasteiger partial charge in [0.05, 0.1) is 6.42 Å². The molecule has 0 fully saturated rings. The maximum atomic E-state index is 11.6. The highest BCUT2D eigenvalue weighted by molar-refractivity contribution is 7.58. The maximum Gasteiger partial charge on any atom is 0.303 e. The predicted molar refractivity (Wildman–Crippen MR) is 62.0 cm³/mol. The van der Waals surface area contributed by atoms with E-state index in [2.05, 4.69) is 0 Å². The van der Waals surface area contributed by atoms with Crippen molar-refractivity contribution in [2.75, 3.05) is 12.3 Å². The minimum atomic E-state index is -3.29. The Morgan fingerprint density at radius 1 is 1.19 bits per heavy atom. The molecule has 4 nitrogen and oxygen atoms in total. The summed E-state index contributed by atoms with van der Waals surface area (Å²) in [5.74, 6) is -1.03. The third kappa shape index (κ3) is 5.10. The molecule has 0 radical (unpaired) electrons. The molecule has 0 aliphatic rings. The monoisotopic (exact) mass is 242 g/mol. The van der Waals surface area contributed by atoms with E-state index in [0.717, 1.165) is 5.56 Å². The summed E-state index contributed by atoms with van der Waals surface area (Å²) in [4.78, 5) is 19.8. The lowest BCUT2D eigenvalue weighted by Crippen LogP contribution is -2.03. The van der Waals surface area contributed by atoms with Crippen LogP contribution in [0.15, 0.2) is 30.3 Å². The Labute approximate surface area is 94.4 Å². The van der Waals surface area contributed by atoms with Crippen LogP contribution in [0.3, 0.4) is 0 Å². The van der Waals surface area contributed by atoms with Gasteiger partial charge in [0.1, 0.15) is 0 Å². The Morgan fingerprint density at radius 3 is 2.38 bits per heavy atom. The first-order chi connectivity index (χ1) is 7.49. The zero-order valence-electron chi connectivity index (χ0n) is 8.87. The SMILES string of the molecule is O=C(O)CCP(=O)(O)CCc1ccccc1. The van der Waals surface area contributed by atoms with Crippen LogP contribution >= 0.6 is 7.37 Å². The number of benzene rings is 1. The number of rotatable bonds is 6. The van der Waals surface area contributed by atoms with Crippen LogP contribution in [-0.2, 0) is 15.8 Å². The minimum Gasteiger partial charge on any atom is -0.481 e. The summed E-state index contributed by atoms with van der Waals surface area (Å²) < 4.78 is 11.6. The normalized spacial score (nSPS) is 14.3. The second-order valence-electron chi connectivity index (χ2n) is 3.67. The lowest BCUT2D eigenvalue weighted by molar-refractivity contribution is -0.136. The molecule has 1 rings (SSSR count). The summed E-state index contributed by atoms with van der Waals surface area (Å²) in [5, 5.41) is 8.43. The van der Waals surface area contributed by atoms with Gasteiger partial charge in [0.2, 0.25) is 7.37 Å². The molecule has 16 heavy (non-hydrogen) atoms. The van der Waals surface area contributed by atoms with E-state index in [4.69, 9.17) is 5.11 Å². The zero-order valence-corrected chi connectivity index (χ0v) is 9.77. The van der Waals surface area contributed by atoms with E-state index in [-0.39, 0.29) is 18.7 Å². The van der Waals surface area contributed by atoms with E-state index in [1.807, 2.05) is 30.3 Å². The summed E-state index contributed by atoms with van der Waals surface area (Å²) >= 11 is 0. The summed E-state index contributed by atoms with van der Waals surface area (Å²) in [6.45, 7) is 0. The molecule has 0 bridgehead atoms. The number of aliphatic carboxylic acids is 1. The van der Waals surface area contributed by atoms with Crippen molar-refractivity contribution in [2.45, 2.75) is 12.8 Å². The highest BCUT2D eigenvalue weighted by Crippen LogP contribution is 2.41. The van der Waals surface area contributed by atoms with Gasteiger partial charge in [-0.05, 0) is 12.0 Å². The molecule has 5 heteroatoms. The van der Waals surface area contributed by atoms with Crippen LogP contribution < -0.4 is 0 Å². The van der Waals surface area contributed by atoms with Crippen molar-refractivity contribution >= 4 is 13.3 Å². The van der Waals surface area contributed by atoms with Crippen LogP contribution in [0.5, 0.6) is 0 Å².